The molecule has 4 aromatic rings. The van der Waals surface area contributed by atoms with Crippen molar-refractivity contribution < 1.29 is 33.0 Å². The third-order valence-electron chi connectivity index (χ3n) is 9.67. The summed E-state index contributed by atoms with van der Waals surface area (Å²) in [5.74, 6) is -3.38. The highest BCUT2D eigenvalue weighted by atomic mass is 19.2. The van der Waals surface area contributed by atoms with Crippen molar-refractivity contribution in [1.82, 2.24) is 34.4 Å². The van der Waals surface area contributed by atoms with E-state index in [9.17, 15) is 19.5 Å². The second-order valence-electron chi connectivity index (χ2n) is 13.0. The monoisotopic (exact) mass is 704 g/mol. The zero-order chi connectivity index (χ0) is 36.4. The topological polar surface area (TPSA) is 147 Å². The number of aryl methyl sites for hydroxylation is 2. The average Bonchev–Trinajstić information content (AvgIpc) is 3.69. The van der Waals surface area contributed by atoms with Crippen molar-refractivity contribution in [3.05, 3.63) is 77.0 Å². The van der Waals surface area contributed by atoms with Crippen LogP contribution in [-0.4, -0.2) is 111 Å². The molecule has 13 nitrogen and oxygen atoms in total. The Morgan fingerprint density at radius 2 is 1.73 bits per heavy atom. The Morgan fingerprint density at radius 1 is 1.02 bits per heavy atom. The van der Waals surface area contributed by atoms with E-state index in [2.05, 4.69) is 20.7 Å². The number of carbonyl (C=O) groups is 3. The summed E-state index contributed by atoms with van der Waals surface area (Å²) < 4.78 is 39.0. The van der Waals surface area contributed by atoms with E-state index in [1.54, 1.807) is 66.9 Å². The third-order valence-corrected chi connectivity index (χ3v) is 9.67. The van der Waals surface area contributed by atoms with Crippen LogP contribution in [0.4, 0.5) is 14.5 Å². The number of methoxy groups -OCH3 is 1. The Labute approximate surface area is 294 Å². The van der Waals surface area contributed by atoms with Gasteiger partial charge in [0.05, 0.1) is 42.8 Å². The summed E-state index contributed by atoms with van der Waals surface area (Å²) in [6.45, 7) is 6.99. The van der Waals surface area contributed by atoms with Gasteiger partial charge in [0, 0.05) is 81.0 Å². The maximum Gasteiger partial charge on any atom is 0.291 e. The molecule has 2 atom stereocenters. The van der Waals surface area contributed by atoms with Gasteiger partial charge in [-0.15, -0.1) is 0 Å². The molecular formula is C36H42F2N8O5. The van der Waals surface area contributed by atoms with Crippen LogP contribution in [0.5, 0.6) is 0 Å². The number of imidazole rings is 1. The molecule has 2 unspecified atom stereocenters. The number of aliphatic hydroxyl groups is 1. The minimum Gasteiger partial charge on any atom is -0.391 e. The predicted molar refractivity (Wildman–Crippen MR) is 185 cm³/mol. The van der Waals surface area contributed by atoms with E-state index >= 15 is 8.78 Å². The third kappa shape index (κ3) is 7.27. The standard InChI is InChI=1S/C36H42F2N8O5/c1-21-17-23(5-6-24(21)35(49)44-11-13-45(14-12-44)36(50)27-9-10-39-19-30(27)47)41-34(48)33-40-18-29(43(33)3)26-8-7-25(31(37)32(26)38)28-20-46(15-16-51-4)42-22(28)2/h5-8,17-18,20,27,30,39,47H,9-16,19H2,1-4H3,(H,41,48). The van der Waals surface area contributed by atoms with Crippen LogP contribution in [0, 0.1) is 31.4 Å². The molecule has 2 aliphatic heterocycles. The highest BCUT2D eigenvalue weighted by molar-refractivity contribution is 6.03. The first kappa shape index (κ1) is 35.8. The first-order valence-electron chi connectivity index (χ1n) is 16.9. The fourth-order valence-corrected chi connectivity index (χ4v) is 6.74. The van der Waals surface area contributed by atoms with E-state index < -0.39 is 29.6 Å². The van der Waals surface area contributed by atoms with E-state index in [4.69, 9.17) is 4.74 Å². The maximum atomic E-state index is 15.5. The Bertz CT molecular complexity index is 1950. The number of nitrogens with one attached hydrogen (secondary N) is 2. The molecule has 2 aliphatic rings. The van der Waals surface area contributed by atoms with E-state index in [1.807, 2.05) is 0 Å². The molecule has 3 N–H and O–H groups in total. The van der Waals surface area contributed by atoms with Gasteiger partial charge in [0.1, 0.15) is 0 Å². The second-order valence-corrected chi connectivity index (χ2v) is 13.0. The van der Waals surface area contributed by atoms with Crippen LogP contribution in [0.3, 0.4) is 0 Å². The van der Waals surface area contributed by atoms with Gasteiger partial charge in [-0.3, -0.25) is 19.1 Å². The summed E-state index contributed by atoms with van der Waals surface area (Å²) in [5, 5.41) is 20.5. The number of hydrogen-bond donors (Lipinski definition) is 3. The smallest absolute Gasteiger partial charge is 0.291 e. The Hall–Kier alpha value is -4.99. The van der Waals surface area contributed by atoms with Crippen molar-refractivity contribution in [2.24, 2.45) is 13.0 Å². The molecule has 0 aliphatic carbocycles. The number of ether oxygens (including phenoxy) is 1. The molecule has 270 valence electrons. The Morgan fingerprint density at radius 3 is 2.43 bits per heavy atom. The van der Waals surface area contributed by atoms with Gasteiger partial charge in [-0.25, -0.2) is 13.8 Å². The number of β-amino-alcohol motifs (C(OH)–C–C–N with tert-alkyl or cyclic N) is 1. The van der Waals surface area contributed by atoms with Crippen LogP contribution < -0.4 is 10.6 Å². The summed E-state index contributed by atoms with van der Waals surface area (Å²) >= 11 is 0. The fraction of sp³-hybridized carbons (Fsp3) is 0.417. The van der Waals surface area contributed by atoms with Gasteiger partial charge >= 0.3 is 0 Å². The lowest BCUT2D eigenvalue weighted by atomic mass is 9.93. The van der Waals surface area contributed by atoms with Crippen molar-refractivity contribution in [2.45, 2.75) is 32.9 Å². The zero-order valence-electron chi connectivity index (χ0n) is 29.1. The largest absolute Gasteiger partial charge is 0.391 e. The summed E-state index contributed by atoms with van der Waals surface area (Å²) in [7, 11) is 3.11. The van der Waals surface area contributed by atoms with Crippen LogP contribution in [0.1, 0.15) is 38.7 Å². The Kier molecular flexibility index (Phi) is 10.6. The first-order chi connectivity index (χ1) is 24.5. The lowest BCUT2D eigenvalue weighted by Crippen LogP contribution is -2.55. The quantitative estimate of drug-likeness (QED) is 0.241. The van der Waals surface area contributed by atoms with E-state index in [0.29, 0.717) is 86.9 Å². The highest BCUT2D eigenvalue weighted by Crippen LogP contribution is 2.33. The maximum absolute atomic E-state index is 15.5. The number of hydrogen-bond acceptors (Lipinski definition) is 8. The summed E-state index contributed by atoms with van der Waals surface area (Å²) in [6, 6.07) is 7.88. The molecule has 0 saturated carbocycles. The summed E-state index contributed by atoms with van der Waals surface area (Å²) in [4.78, 5) is 47.3. The van der Waals surface area contributed by atoms with Crippen molar-refractivity contribution in [1.29, 1.82) is 0 Å². The number of anilines is 1. The lowest BCUT2D eigenvalue weighted by molar-refractivity contribution is -0.141. The zero-order valence-corrected chi connectivity index (χ0v) is 29.1. The van der Waals surface area contributed by atoms with E-state index in [0.717, 1.165) is 0 Å². The van der Waals surface area contributed by atoms with Gasteiger partial charge in [0.2, 0.25) is 5.91 Å². The normalized spacial score (nSPS) is 17.9. The number of carbonyl (C=O) groups excluding carboxylic acids is 3. The average molecular weight is 705 g/mol. The van der Waals surface area contributed by atoms with Crippen LogP contribution in [0.2, 0.25) is 0 Å². The van der Waals surface area contributed by atoms with Crippen LogP contribution >= 0.6 is 0 Å². The molecule has 4 heterocycles. The first-order valence-corrected chi connectivity index (χ1v) is 16.9. The number of aromatic nitrogens is 4. The number of piperidine rings is 1. The summed E-state index contributed by atoms with van der Waals surface area (Å²) in [6.07, 6.45) is 2.84. The molecule has 2 fully saturated rings. The molecule has 2 aromatic carbocycles. The minimum atomic E-state index is -1.07. The van der Waals surface area contributed by atoms with Gasteiger partial charge in [0.15, 0.2) is 17.5 Å². The van der Waals surface area contributed by atoms with E-state index in [-0.39, 0.29) is 34.5 Å². The molecule has 2 saturated heterocycles. The highest BCUT2D eigenvalue weighted by Gasteiger charge is 2.35. The molecule has 2 aromatic heterocycles. The molecule has 15 heteroatoms. The lowest BCUT2D eigenvalue weighted by Gasteiger charge is -2.38. The van der Waals surface area contributed by atoms with Crippen molar-refractivity contribution >= 4 is 23.4 Å². The predicted octanol–water partition coefficient (Wildman–Crippen LogP) is 3.00. The van der Waals surface area contributed by atoms with E-state index in [1.165, 1.54) is 22.9 Å². The van der Waals surface area contributed by atoms with Crippen LogP contribution in [0.25, 0.3) is 22.4 Å². The second kappa shape index (κ2) is 15.1. The number of benzene rings is 2. The number of aliphatic hydroxyl groups excluding tert-OH is 1. The minimum absolute atomic E-state index is 0.0219. The molecular weight excluding hydrogens is 662 g/mol. The number of rotatable bonds is 9. The van der Waals surface area contributed by atoms with Gasteiger partial charge in [0.25, 0.3) is 11.8 Å². The van der Waals surface area contributed by atoms with Crippen molar-refractivity contribution in [3.63, 3.8) is 0 Å². The van der Waals surface area contributed by atoms with Gasteiger partial charge in [-0.1, -0.05) is 6.07 Å². The van der Waals surface area contributed by atoms with Gasteiger partial charge in [-0.2, -0.15) is 5.10 Å². The van der Waals surface area contributed by atoms with Gasteiger partial charge in [-0.05, 0) is 56.6 Å². The molecule has 51 heavy (non-hydrogen) atoms. The van der Waals surface area contributed by atoms with Gasteiger partial charge < -0.3 is 34.8 Å². The number of piperazine rings is 1. The number of halogens is 2. The number of nitrogens with zero attached hydrogens (tertiary/aromatic N) is 6. The van der Waals surface area contributed by atoms with Crippen molar-refractivity contribution in [2.75, 3.05) is 58.3 Å². The summed E-state index contributed by atoms with van der Waals surface area (Å²) in [5.41, 5.74) is 2.78. The number of amides is 3. The molecule has 0 radical (unpaired) electrons. The van der Waals surface area contributed by atoms with Crippen molar-refractivity contribution in [3.8, 4) is 22.4 Å². The molecule has 0 bridgehead atoms. The molecule has 3 amide bonds. The SMILES string of the molecule is COCCn1cc(-c2ccc(-c3cnc(C(=O)Nc4ccc(C(=O)N5CCN(C(=O)C6CCNCC6O)CC5)c(C)c4)n3C)c(F)c2F)c(C)n1. The van der Waals surface area contributed by atoms with Crippen LogP contribution in [0.15, 0.2) is 42.7 Å². The molecule has 6 rings (SSSR count). The Balaban J connectivity index is 1.10. The fourth-order valence-electron chi connectivity index (χ4n) is 6.74. The molecule has 0 spiro atoms. The van der Waals surface area contributed by atoms with Crippen LogP contribution in [-0.2, 0) is 23.1 Å².